The molecular weight excluding hydrogens is 273 g/mol. The van der Waals surface area contributed by atoms with Crippen molar-refractivity contribution < 1.29 is 9.13 Å². The number of ether oxygens (including phenoxy) is 1. The Morgan fingerprint density at radius 1 is 1.50 bits per heavy atom. The largest absolute Gasteiger partial charge is 0.380 e. The lowest BCUT2D eigenvalue weighted by molar-refractivity contribution is 0.121. The van der Waals surface area contributed by atoms with E-state index in [1.165, 1.54) is 6.07 Å². The smallest absolute Gasteiger partial charge is 0.137 e. The van der Waals surface area contributed by atoms with Crippen LogP contribution >= 0.6 is 15.9 Å². The number of hydrogen-bond acceptors (Lipinski definition) is 2. The Morgan fingerprint density at radius 2 is 2.25 bits per heavy atom. The molecule has 16 heavy (non-hydrogen) atoms. The first kappa shape index (κ1) is 13.6. The van der Waals surface area contributed by atoms with Crippen LogP contribution in [-0.4, -0.2) is 19.3 Å². The van der Waals surface area contributed by atoms with Crippen LogP contribution in [0.4, 0.5) is 4.39 Å². The summed E-state index contributed by atoms with van der Waals surface area (Å²) in [5.41, 5.74) is 6.78. The van der Waals surface area contributed by atoms with E-state index in [0.29, 0.717) is 17.5 Å². The van der Waals surface area contributed by atoms with E-state index in [0.717, 1.165) is 18.6 Å². The van der Waals surface area contributed by atoms with Gasteiger partial charge in [0.25, 0.3) is 0 Å². The van der Waals surface area contributed by atoms with Crippen molar-refractivity contribution in [3.63, 3.8) is 0 Å². The molecule has 0 saturated carbocycles. The van der Waals surface area contributed by atoms with Gasteiger partial charge in [-0.3, -0.25) is 0 Å². The van der Waals surface area contributed by atoms with Gasteiger partial charge in [-0.25, -0.2) is 4.39 Å². The maximum atomic E-state index is 13.2. The monoisotopic (exact) mass is 289 g/mol. The standard InChI is InChI=1S/C12H17BrFNO/c1-2-6-16-8-10(15)7-9-4-3-5-11(14)12(9)13/h3-5,10H,2,6-8,15H2,1H3. The van der Waals surface area contributed by atoms with E-state index in [1.807, 2.05) is 6.07 Å². The summed E-state index contributed by atoms with van der Waals surface area (Å²) in [6.07, 6.45) is 1.60. The first-order chi connectivity index (χ1) is 7.65. The van der Waals surface area contributed by atoms with Crippen molar-refractivity contribution in [1.82, 2.24) is 0 Å². The minimum Gasteiger partial charge on any atom is -0.380 e. The molecule has 1 unspecified atom stereocenters. The first-order valence-corrected chi connectivity index (χ1v) is 6.20. The van der Waals surface area contributed by atoms with E-state index < -0.39 is 0 Å². The topological polar surface area (TPSA) is 35.2 Å². The van der Waals surface area contributed by atoms with Crippen LogP contribution in [0.2, 0.25) is 0 Å². The Bertz CT molecular complexity index is 333. The Morgan fingerprint density at radius 3 is 2.94 bits per heavy atom. The summed E-state index contributed by atoms with van der Waals surface area (Å²) >= 11 is 3.22. The molecule has 0 saturated heterocycles. The molecule has 90 valence electrons. The quantitative estimate of drug-likeness (QED) is 0.818. The maximum Gasteiger partial charge on any atom is 0.137 e. The van der Waals surface area contributed by atoms with E-state index in [1.54, 1.807) is 6.07 Å². The molecule has 0 aliphatic carbocycles. The first-order valence-electron chi connectivity index (χ1n) is 5.41. The highest BCUT2D eigenvalue weighted by Crippen LogP contribution is 2.21. The summed E-state index contributed by atoms with van der Waals surface area (Å²) in [5.74, 6) is -0.251. The van der Waals surface area contributed by atoms with Gasteiger partial charge in [-0.05, 0) is 40.4 Å². The second-order valence-electron chi connectivity index (χ2n) is 3.75. The van der Waals surface area contributed by atoms with Crippen LogP contribution in [0.25, 0.3) is 0 Å². The lowest BCUT2D eigenvalue weighted by Gasteiger charge is -2.13. The van der Waals surface area contributed by atoms with Crippen molar-refractivity contribution >= 4 is 15.9 Å². The van der Waals surface area contributed by atoms with Crippen molar-refractivity contribution in [2.24, 2.45) is 5.73 Å². The van der Waals surface area contributed by atoms with Gasteiger partial charge in [0.05, 0.1) is 11.1 Å². The predicted molar refractivity (Wildman–Crippen MR) is 66.9 cm³/mol. The summed E-state index contributed by atoms with van der Waals surface area (Å²) in [5, 5.41) is 0. The molecule has 2 nitrogen and oxygen atoms in total. The molecule has 0 amide bonds. The molecule has 0 aliphatic rings. The summed E-state index contributed by atoms with van der Waals surface area (Å²) in [7, 11) is 0. The lowest BCUT2D eigenvalue weighted by Crippen LogP contribution is -2.29. The Hall–Kier alpha value is -0.450. The van der Waals surface area contributed by atoms with E-state index >= 15 is 0 Å². The normalized spacial score (nSPS) is 12.8. The third kappa shape index (κ3) is 4.20. The fourth-order valence-corrected chi connectivity index (χ4v) is 1.85. The minimum atomic E-state index is -0.251. The molecule has 0 aliphatic heterocycles. The van der Waals surface area contributed by atoms with Crippen LogP contribution in [0.15, 0.2) is 22.7 Å². The van der Waals surface area contributed by atoms with Crippen LogP contribution in [0.1, 0.15) is 18.9 Å². The molecule has 0 radical (unpaired) electrons. The third-order valence-corrected chi connectivity index (χ3v) is 3.08. The van der Waals surface area contributed by atoms with Crippen LogP contribution in [0, 0.1) is 5.82 Å². The van der Waals surface area contributed by atoms with Gasteiger partial charge >= 0.3 is 0 Å². The van der Waals surface area contributed by atoms with Gasteiger partial charge in [0.2, 0.25) is 0 Å². The molecule has 1 atom stereocenters. The average molecular weight is 290 g/mol. The zero-order valence-corrected chi connectivity index (χ0v) is 11.0. The minimum absolute atomic E-state index is 0.0929. The molecule has 1 rings (SSSR count). The molecule has 0 heterocycles. The van der Waals surface area contributed by atoms with Gasteiger partial charge in [0.1, 0.15) is 5.82 Å². The highest BCUT2D eigenvalue weighted by Gasteiger charge is 2.09. The molecule has 1 aromatic rings. The molecule has 1 aromatic carbocycles. The van der Waals surface area contributed by atoms with Gasteiger partial charge in [-0.15, -0.1) is 0 Å². The molecule has 0 fully saturated rings. The van der Waals surface area contributed by atoms with Crippen molar-refractivity contribution in [2.45, 2.75) is 25.8 Å². The van der Waals surface area contributed by atoms with Crippen LogP contribution < -0.4 is 5.73 Å². The SMILES string of the molecule is CCCOCC(N)Cc1cccc(F)c1Br. The molecular formula is C12H17BrFNO. The number of benzene rings is 1. The van der Waals surface area contributed by atoms with E-state index in [2.05, 4.69) is 22.9 Å². The molecule has 0 aromatic heterocycles. The van der Waals surface area contributed by atoms with Crippen molar-refractivity contribution in [3.8, 4) is 0 Å². The van der Waals surface area contributed by atoms with Gasteiger partial charge in [-0.1, -0.05) is 19.1 Å². The fourth-order valence-electron chi connectivity index (χ4n) is 1.43. The highest BCUT2D eigenvalue weighted by atomic mass is 79.9. The van der Waals surface area contributed by atoms with Crippen molar-refractivity contribution in [2.75, 3.05) is 13.2 Å². The molecule has 2 N–H and O–H groups in total. The van der Waals surface area contributed by atoms with Crippen molar-refractivity contribution in [3.05, 3.63) is 34.1 Å². The Labute approximate surface area is 104 Å². The summed E-state index contributed by atoms with van der Waals surface area (Å²) in [4.78, 5) is 0. The molecule has 4 heteroatoms. The van der Waals surface area contributed by atoms with E-state index in [9.17, 15) is 4.39 Å². The second kappa shape index (κ2) is 6.99. The zero-order valence-electron chi connectivity index (χ0n) is 9.38. The predicted octanol–water partition coefficient (Wildman–Crippen LogP) is 2.88. The van der Waals surface area contributed by atoms with E-state index in [4.69, 9.17) is 10.5 Å². The number of nitrogens with two attached hydrogens (primary N) is 1. The molecule has 0 bridgehead atoms. The lowest BCUT2D eigenvalue weighted by atomic mass is 10.1. The van der Waals surface area contributed by atoms with Crippen LogP contribution in [-0.2, 0) is 11.2 Å². The van der Waals surface area contributed by atoms with Gasteiger partial charge in [0.15, 0.2) is 0 Å². The average Bonchev–Trinajstić information content (AvgIpc) is 2.25. The number of hydrogen-bond donors (Lipinski definition) is 1. The summed E-state index contributed by atoms with van der Waals surface area (Å²) in [6.45, 7) is 3.28. The molecule has 0 spiro atoms. The number of halogens is 2. The highest BCUT2D eigenvalue weighted by molar-refractivity contribution is 9.10. The van der Waals surface area contributed by atoms with Gasteiger partial charge in [0, 0.05) is 12.6 Å². The third-order valence-electron chi connectivity index (χ3n) is 2.19. The Kier molecular flexibility index (Phi) is 5.95. The fraction of sp³-hybridized carbons (Fsp3) is 0.500. The second-order valence-corrected chi connectivity index (χ2v) is 4.55. The number of rotatable bonds is 6. The van der Waals surface area contributed by atoms with Gasteiger partial charge in [-0.2, -0.15) is 0 Å². The zero-order chi connectivity index (χ0) is 12.0. The van der Waals surface area contributed by atoms with Crippen LogP contribution in [0.3, 0.4) is 0 Å². The van der Waals surface area contributed by atoms with Gasteiger partial charge < -0.3 is 10.5 Å². The van der Waals surface area contributed by atoms with E-state index in [-0.39, 0.29) is 11.9 Å². The summed E-state index contributed by atoms with van der Waals surface area (Å²) in [6, 6.07) is 4.89. The van der Waals surface area contributed by atoms with Crippen molar-refractivity contribution in [1.29, 1.82) is 0 Å². The van der Waals surface area contributed by atoms with Crippen LogP contribution in [0.5, 0.6) is 0 Å². The maximum absolute atomic E-state index is 13.2. The summed E-state index contributed by atoms with van der Waals surface area (Å²) < 4.78 is 19.1. The Balaban J connectivity index is 2.49.